The van der Waals surface area contributed by atoms with Crippen LogP contribution in [0.3, 0.4) is 0 Å². The predicted octanol–water partition coefficient (Wildman–Crippen LogP) is 4.20. The summed E-state index contributed by atoms with van der Waals surface area (Å²) < 4.78 is 25.2. The van der Waals surface area contributed by atoms with E-state index in [4.69, 9.17) is 11.6 Å². The molecule has 0 bridgehead atoms. The van der Waals surface area contributed by atoms with Gasteiger partial charge in [0, 0.05) is 4.47 Å². The first-order valence-electron chi connectivity index (χ1n) is 2.82. The van der Waals surface area contributed by atoms with Gasteiger partial charge in [-0.25, -0.2) is 13.8 Å². The third-order valence-electron chi connectivity index (χ3n) is 1.15. The summed E-state index contributed by atoms with van der Waals surface area (Å²) >= 11 is 11.5. The summed E-state index contributed by atoms with van der Waals surface area (Å²) in [5.41, 5.74) is -0.278. The van der Waals surface area contributed by atoms with Gasteiger partial charge in [0.2, 0.25) is 0 Å². The molecule has 0 spiro atoms. The highest BCUT2D eigenvalue weighted by Crippen LogP contribution is 2.33. The molecule has 0 atom stereocenters. The number of hydrogen-bond acceptors (Lipinski definition) is 1. The van der Waals surface area contributed by atoms with Gasteiger partial charge in [0.1, 0.15) is 9.76 Å². The second kappa shape index (κ2) is 3.98. The second-order valence-corrected chi connectivity index (χ2v) is 3.96. The number of halogens is 5. The number of hydrogen-bond donors (Lipinski definition) is 0. The van der Waals surface area contributed by atoms with Gasteiger partial charge in [-0.1, -0.05) is 27.5 Å². The molecular weight excluding hydrogens is 319 g/mol. The van der Waals surface area contributed by atoms with Crippen LogP contribution < -0.4 is 0 Å². The topological polar surface area (TPSA) is 12.9 Å². The van der Waals surface area contributed by atoms with Gasteiger partial charge < -0.3 is 0 Å². The van der Waals surface area contributed by atoms with E-state index in [1.165, 1.54) is 6.07 Å². The summed E-state index contributed by atoms with van der Waals surface area (Å²) in [5.74, 6) is 0. The molecule has 0 unspecified atom stereocenters. The van der Waals surface area contributed by atoms with E-state index in [1.54, 1.807) is 0 Å². The molecule has 0 saturated carbocycles. The van der Waals surface area contributed by atoms with E-state index in [-0.39, 0.29) is 15.2 Å². The maximum Gasteiger partial charge on any atom is 0.267 e. The van der Waals surface area contributed by atoms with E-state index in [0.717, 1.165) is 0 Å². The third-order valence-corrected chi connectivity index (χ3v) is 2.50. The molecule has 0 aliphatic carbocycles. The molecule has 1 rings (SSSR count). The molecule has 66 valence electrons. The van der Waals surface area contributed by atoms with E-state index >= 15 is 0 Å². The van der Waals surface area contributed by atoms with Gasteiger partial charge in [0.05, 0.1) is 5.56 Å². The Bertz CT molecular complexity index is 283. The highest BCUT2D eigenvalue weighted by molar-refractivity contribution is 9.11. The molecular formula is C6H2Br2ClF2N. The van der Waals surface area contributed by atoms with E-state index in [2.05, 4.69) is 36.8 Å². The lowest BCUT2D eigenvalue weighted by Crippen LogP contribution is -1.91. The molecule has 6 heteroatoms. The van der Waals surface area contributed by atoms with Crippen molar-refractivity contribution in [3.63, 3.8) is 0 Å². The Kier molecular flexibility index (Phi) is 3.43. The molecule has 1 nitrogen and oxygen atoms in total. The second-order valence-electron chi connectivity index (χ2n) is 1.93. The van der Waals surface area contributed by atoms with Crippen molar-refractivity contribution < 1.29 is 8.78 Å². The van der Waals surface area contributed by atoms with Crippen molar-refractivity contribution >= 4 is 43.5 Å². The minimum absolute atomic E-state index is 0.189. The fourth-order valence-corrected chi connectivity index (χ4v) is 2.44. The number of rotatable bonds is 1. The lowest BCUT2D eigenvalue weighted by molar-refractivity contribution is 0.150. The van der Waals surface area contributed by atoms with Gasteiger partial charge in [-0.15, -0.1) is 0 Å². The molecule has 1 heterocycles. The highest BCUT2D eigenvalue weighted by atomic mass is 79.9. The molecule has 0 aliphatic rings. The van der Waals surface area contributed by atoms with Crippen molar-refractivity contribution in [3.8, 4) is 0 Å². The standard InChI is InChI=1S/C6H2Br2ClF2N/c7-2-1-3(8)12-5(9)4(2)6(10)11/h1,6H. The van der Waals surface area contributed by atoms with E-state index in [0.29, 0.717) is 4.60 Å². The van der Waals surface area contributed by atoms with Crippen molar-refractivity contribution in [2.24, 2.45) is 0 Å². The Morgan fingerprint density at radius 1 is 1.42 bits per heavy atom. The fraction of sp³-hybridized carbons (Fsp3) is 0.167. The van der Waals surface area contributed by atoms with E-state index in [1.807, 2.05) is 0 Å². The average Bonchev–Trinajstić information content (AvgIpc) is 1.82. The summed E-state index contributed by atoms with van der Waals surface area (Å²) in [6, 6.07) is 1.42. The third kappa shape index (κ3) is 2.14. The quantitative estimate of drug-likeness (QED) is 0.707. The molecule has 0 saturated heterocycles. The Labute approximate surface area is 89.4 Å². The van der Waals surface area contributed by atoms with Crippen LogP contribution in [-0.4, -0.2) is 4.98 Å². The first-order valence-corrected chi connectivity index (χ1v) is 4.78. The van der Waals surface area contributed by atoms with Gasteiger partial charge in [-0.3, -0.25) is 0 Å². The Balaban J connectivity index is 3.28. The first-order chi connectivity index (χ1) is 5.52. The van der Waals surface area contributed by atoms with Crippen molar-refractivity contribution in [1.29, 1.82) is 0 Å². The molecule has 0 radical (unpaired) electrons. The number of alkyl halides is 2. The van der Waals surface area contributed by atoms with Crippen LogP contribution in [0, 0.1) is 0 Å². The molecule has 0 aliphatic heterocycles. The van der Waals surface area contributed by atoms with Crippen LogP contribution in [0.4, 0.5) is 8.78 Å². The zero-order valence-corrected chi connectivity index (χ0v) is 9.42. The molecule has 0 fully saturated rings. The minimum atomic E-state index is -2.62. The van der Waals surface area contributed by atoms with Crippen molar-refractivity contribution in [2.45, 2.75) is 6.43 Å². The van der Waals surface area contributed by atoms with Crippen molar-refractivity contribution in [1.82, 2.24) is 4.98 Å². The van der Waals surface area contributed by atoms with Crippen LogP contribution in [-0.2, 0) is 0 Å². The molecule has 0 aromatic carbocycles. The fourth-order valence-electron chi connectivity index (χ4n) is 0.661. The molecule has 1 aromatic rings. The Morgan fingerprint density at radius 3 is 2.42 bits per heavy atom. The normalized spacial score (nSPS) is 10.8. The van der Waals surface area contributed by atoms with Crippen LogP contribution in [0.15, 0.2) is 15.1 Å². The Hall–Kier alpha value is 0.260. The average molecular weight is 321 g/mol. The van der Waals surface area contributed by atoms with Gasteiger partial charge in [0.15, 0.2) is 0 Å². The number of pyridine rings is 1. The SMILES string of the molecule is FC(F)c1c(Br)cc(Br)nc1Cl. The van der Waals surface area contributed by atoms with Gasteiger partial charge in [-0.2, -0.15) is 0 Å². The van der Waals surface area contributed by atoms with Crippen molar-refractivity contribution in [3.05, 3.63) is 25.9 Å². The van der Waals surface area contributed by atoms with Crippen LogP contribution in [0.5, 0.6) is 0 Å². The smallest absolute Gasteiger partial charge is 0.229 e. The van der Waals surface area contributed by atoms with Gasteiger partial charge in [-0.05, 0) is 22.0 Å². The van der Waals surface area contributed by atoms with Crippen LogP contribution in [0.1, 0.15) is 12.0 Å². The molecule has 0 N–H and O–H groups in total. The maximum absolute atomic E-state index is 12.3. The molecule has 12 heavy (non-hydrogen) atoms. The van der Waals surface area contributed by atoms with Gasteiger partial charge >= 0.3 is 0 Å². The van der Waals surface area contributed by atoms with E-state index < -0.39 is 6.43 Å². The molecule has 1 aromatic heterocycles. The minimum Gasteiger partial charge on any atom is -0.229 e. The van der Waals surface area contributed by atoms with Crippen LogP contribution >= 0.6 is 43.5 Å². The summed E-state index contributed by atoms with van der Waals surface area (Å²) in [6.07, 6.45) is -2.62. The highest BCUT2D eigenvalue weighted by Gasteiger charge is 2.17. The summed E-state index contributed by atoms with van der Waals surface area (Å²) in [4.78, 5) is 3.63. The molecule has 0 amide bonds. The monoisotopic (exact) mass is 319 g/mol. The van der Waals surface area contributed by atoms with E-state index in [9.17, 15) is 8.78 Å². The Morgan fingerprint density at radius 2 is 2.00 bits per heavy atom. The summed E-state index contributed by atoms with van der Waals surface area (Å²) in [7, 11) is 0. The summed E-state index contributed by atoms with van der Waals surface area (Å²) in [6.45, 7) is 0. The summed E-state index contributed by atoms with van der Waals surface area (Å²) in [5, 5.41) is -0.189. The van der Waals surface area contributed by atoms with Crippen LogP contribution in [0.25, 0.3) is 0 Å². The van der Waals surface area contributed by atoms with Crippen molar-refractivity contribution in [2.75, 3.05) is 0 Å². The predicted molar refractivity (Wildman–Crippen MR) is 49.6 cm³/mol. The maximum atomic E-state index is 12.3. The number of nitrogens with zero attached hydrogens (tertiary/aromatic N) is 1. The lowest BCUT2D eigenvalue weighted by Gasteiger charge is -2.04. The van der Waals surface area contributed by atoms with Crippen LogP contribution in [0.2, 0.25) is 5.15 Å². The number of aromatic nitrogens is 1. The zero-order valence-electron chi connectivity index (χ0n) is 5.49. The largest absolute Gasteiger partial charge is 0.267 e. The van der Waals surface area contributed by atoms with Gasteiger partial charge in [0.25, 0.3) is 6.43 Å². The lowest BCUT2D eigenvalue weighted by atomic mass is 10.3. The zero-order chi connectivity index (χ0) is 9.30. The first kappa shape index (κ1) is 10.3.